The van der Waals surface area contributed by atoms with Gasteiger partial charge in [0, 0.05) is 6.08 Å². The van der Waals surface area contributed by atoms with Gasteiger partial charge in [0.1, 0.15) is 0 Å². The van der Waals surface area contributed by atoms with Crippen LogP contribution in [0.5, 0.6) is 0 Å². The molecule has 3 heteroatoms. The summed E-state index contributed by atoms with van der Waals surface area (Å²) in [5.74, 6) is -0.256. The summed E-state index contributed by atoms with van der Waals surface area (Å²) in [5, 5.41) is 0. The molecule has 0 aliphatic heterocycles. The minimum absolute atomic E-state index is 0.256. The highest BCUT2D eigenvalue weighted by atomic mass is 31.2. The highest BCUT2D eigenvalue weighted by molar-refractivity contribution is 7.75. The third-order valence-electron chi connectivity index (χ3n) is 3.61. The van der Waals surface area contributed by atoms with Crippen molar-refractivity contribution in [1.29, 1.82) is 0 Å². The molecule has 2 nitrogen and oxygen atoms in total. The predicted molar refractivity (Wildman–Crippen MR) is 87.4 cm³/mol. The van der Waals surface area contributed by atoms with Crippen LogP contribution in [-0.4, -0.2) is 30.8 Å². The number of hydrogen-bond acceptors (Lipinski definition) is 2. The normalized spacial score (nSPS) is 11.3. The standard InChI is InChI=1S/C16H32O2P/c1-5-9-12-19(13-10-6-2,14-11-7-3)15-18-16(17)8-4/h8H,4-7,9-15H2,1-3H3/q+1. The summed E-state index contributed by atoms with van der Waals surface area (Å²) in [4.78, 5) is 11.4. The first-order valence-corrected chi connectivity index (χ1v) is 10.3. The van der Waals surface area contributed by atoms with Crippen molar-refractivity contribution in [2.75, 3.05) is 24.8 Å². The van der Waals surface area contributed by atoms with E-state index in [9.17, 15) is 4.79 Å². The quantitative estimate of drug-likeness (QED) is 0.284. The van der Waals surface area contributed by atoms with Crippen LogP contribution < -0.4 is 0 Å². The van der Waals surface area contributed by atoms with Gasteiger partial charge in [-0.1, -0.05) is 46.6 Å². The van der Waals surface area contributed by atoms with Crippen LogP contribution in [0.2, 0.25) is 0 Å². The van der Waals surface area contributed by atoms with Gasteiger partial charge in [0.05, 0.1) is 25.7 Å². The lowest BCUT2D eigenvalue weighted by atomic mass is 10.4. The first kappa shape index (κ1) is 18.6. The van der Waals surface area contributed by atoms with Gasteiger partial charge in [-0.15, -0.1) is 0 Å². The summed E-state index contributed by atoms with van der Waals surface area (Å²) in [6.07, 6.45) is 13.3. The van der Waals surface area contributed by atoms with Gasteiger partial charge in [-0.2, -0.15) is 0 Å². The Hall–Kier alpha value is -0.360. The van der Waals surface area contributed by atoms with Crippen LogP contribution in [0.1, 0.15) is 59.3 Å². The maximum Gasteiger partial charge on any atom is 0.333 e. The number of ether oxygens (including phenoxy) is 1. The van der Waals surface area contributed by atoms with E-state index in [1.165, 1.54) is 63.1 Å². The van der Waals surface area contributed by atoms with Crippen LogP contribution >= 0.6 is 7.26 Å². The average molecular weight is 287 g/mol. The molecule has 0 amide bonds. The molecule has 0 atom stereocenters. The van der Waals surface area contributed by atoms with Crippen LogP contribution in [0, 0.1) is 0 Å². The molecule has 0 aliphatic rings. The Morgan fingerprint density at radius 2 is 1.42 bits per heavy atom. The van der Waals surface area contributed by atoms with E-state index in [-0.39, 0.29) is 5.97 Å². The van der Waals surface area contributed by atoms with E-state index in [0.717, 1.165) is 0 Å². The van der Waals surface area contributed by atoms with Gasteiger partial charge < -0.3 is 4.74 Å². The first-order valence-electron chi connectivity index (χ1n) is 7.78. The topological polar surface area (TPSA) is 26.3 Å². The first-order chi connectivity index (χ1) is 9.14. The second kappa shape index (κ2) is 11.5. The van der Waals surface area contributed by atoms with Crippen molar-refractivity contribution in [1.82, 2.24) is 0 Å². The van der Waals surface area contributed by atoms with Crippen LogP contribution in [0.15, 0.2) is 12.7 Å². The second-order valence-corrected chi connectivity index (χ2v) is 9.65. The Kier molecular flexibility index (Phi) is 11.2. The molecular weight excluding hydrogens is 255 g/mol. The molecule has 0 aromatic rings. The molecule has 0 aromatic heterocycles. The summed E-state index contributed by atoms with van der Waals surface area (Å²) in [6, 6.07) is 0. The molecule has 0 aliphatic carbocycles. The van der Waals surface area contributed by atoms with Gasteiger partial charge in [0.15, 0.2) is 6.35 Å². The molecule has 0 N–H and O–H groups in total. The third kappa shape index (κ3) is 8.42. The van der Waals surface area contributed by atoms with Gasteiger partial charge >= 0.3 is 5.97 Å². The molecule has 0 fully saturated rings. The lowest BCUT2D eigenvalue weighted by Crippen LogP contribution is -2.16. The largest absolute Gasteiger partial charge is 0.427 e. The smallest absolute Gasteiger partial charge is 0.333 e. The summed E-state index contributed by atoms with van der Waals surface area (Å²) in [7, 11) is -1.10. The summed E-state index contributed by atoms with van der Waals surface area (Å²) in [5.41, 5.74) is 0. The number of carbonyl (C=O) groups excluding carboxylic acids is 1. The summed E-state index contributed by atoms with van der Waals surface area (Å²) in [6.45, 7) is 10.2. The van der Waals surface area contributed by atoms with Crippen molar-refractivity contribution < 1.29 is 9.53 Å². The average Bonchev–Trinajstić information content (AvgIpc) is 2.45. The molecule has 0 saturated heterocycles. The number of unbranched alkanes of at least 4 members (excludes halogenated alkanes) is 3. The maximum absolute atomic E-state index is 11.4. The molecule has 0 heterocycles. The van der Waals surface area contributed by atoms with E-state index < -0.39 is 7.26 Å². The second-order valence-electron chi connectivity index (χ2n) is 5.37. The van der Waals surface area contributed by atoms with Crippen molar-refractivity contribution in [2.24, 2.45) is 0 Å². The van der Waals surface area contributed by atoms with Crippen molar-refractivity contribution in [2.45, 2.75) is 59.3 Å². The van der Waals surface area contributed by atoms with Crippen molar-refractivity contribution in [3.63, 3.8) is 0 Å². The van der Waals surface area contributed by atoms with Gasteiger partial charge in [0.2, 0.25) is 0 Å². The number of esters is 1. The Labute approximate surface area is 120 Å². The molecular formula is C16H32O2P+. The van der Waals surface area contributed by atoms with Crippen molar-refractivity contribution in [3.8, 4) is 0 Å². The molecule has 0 spiro atoms. The number of hydrogen-bond donors (Lipinski definition) is 0. The minimum atomic E-state index is -1.10. The van der Waals surface area contributed by atoms with E-state index in [2.05, 4.69) is 27.4 Å². The zero-order chi connectivity index (χ0) is 14.6. The van der Waals surface area contributed by atoms with Crippen molar-refractivity contribution >= 4 is 13.2 Å². The van der Waals surface area contributed by atoms with E-state index in [4.69, 9.17) is 4.74 Å². The molecule has 0 radical (unpaired) electrons. The van der Waals surface area contributed by atoms with E-state index in [0.29, 0.717) is 6.35 Å². The zero-order valence-electron chi connectivity index (χ0n) is 13.1. The predicted octanol–water partition coefficient (Wildman–Crippen LogP) is 5.09. The Balaban J connectivity index is 4.64. The highest BCUT2D eigenvalue weighted by Crippen LogP contribution is 2.60. The highest BCUT2D eigenvalue weighted by Gasteiger charge is 2.36. The van der Waals surface area contributed by atoms with E-state index >= 15 is 0 Å². The summed E-state index contributed by atoms with van der Waals surface area (Å²) >= 11 is 0. The van der Waals surface area contributed by atoms with E-state index in [1.807, 2.05) is 0 Å². The fourth-order valence-electron chi connectivity index (χ4n) is 2.27. The monoisotopic (exact) mass is 287 g/mol. The van der Waals surface area contributed by atoms with Gasteiger partial charge in [-0.3, -0.25) is 0 Å². The molecule has 0 bridgehead atoms. The van der Waals surface area contributed by atoms with Crippen LogP contribution in [0.25, 0.3) is 0 Å². The van der Waals surface area contributed by atoms with Crippen LogP contribution in [0.3, 0.4) is 0 Å². The molecule has 0 saturated carbocycles. The fraction of sp³-hybridized carbons (Fsp3) is 0.812. The Bertz CT molecular complexity index is 229. The van der Waals surface area contributed by atoms with Gasteiger partial charge in [-0.05, 0) is 19.3 Å². The molecule has 0 unspecified atom stereocenters. The van der Waals surface area contributed by atoms with Crippen molar-refractivity contribution in [3.05, 3.63) is 12.7 Å². The van der Waals surface area contributed by atoms with Gasteiger partial charge in [0.25, 0.3) is 0 Å². The number of rotatable bonds is 12. The lowest BCUT2D eigenvalue weighted by Gasteiger charge is -2.26. The van der Waals surface area contributed by atoms with Crippen LogP contribution in [-0.2, 0) is 9.53 Å². The minimum Gasteiger partial charge on any atom is -0.427 e. The fourth-order valence-corrected chi connectivity index (χ4v) is 6.69. The molecule has 0 rings (SSSR count). The zero-order valence-corrected chi connectivity index (χ0v) is 14.0. The van der Waals surface area contributed by atoms with Crippen LogP contribution in [0.4, 0.5) is 0 Å². The SMILES string of the molecule is C=CC(=O)OC[P+](CCCC)(CCCC)CCCC. The molecule has 19 heavy (non-hydrogen) atoms. The Morgan fingerprint density at radius 1 is 1.00 bits per heavy atom. The molecule has 0 aromatic carbocycles. The van der Waals surface area contributed by atoms with E-state index in [1.54, 1.807) is 0 Å². The number of carbonyl (C=O) groups is 1. The Morgan fingerprint density at radius 3 is 1.74 bits per heavy atom. The maximum atomic E-state index is 11.4. The third-order valence-corrected chi connectivity index (χ3v) is 8.08. The summed E-state index contributed by atoms with van der Waals surface area (Å²) < 4.78 is 5.44. The molecule has 112 valence electrons. The lowest BCUT2D eigenvalue weighted by molar-refractivity contribution is -0.135. The van der Waals surface area contributed by atoms with Gasteiger partial charge in [-0.25, -0.2) is 4.79 Å².